The highest BCUT2D eigenvalue weighted by atomic mass is 19.1. The third-order valence-corrected chi connectivity index (χ3v) is 7.10. The molecule has 1 aliphatic heterocycles. The smallest absolute Gasteiger partial charge is 0.139 e. The number of piperidine rings is 1. The Bertz CT molecular complexity index is 1260. The number of aromatic nitrogens is 1. The lowest BCUT2D eigenvalue weighted by atomic mass is 10.0. The summed E-state index contributed by atoms with van der Waals surface area (Å²) in [7, 11) is 0. The molecule has 0 unspecified atom stereocenters. The van der Waals surface area contributed by atoms with Crippen LogP contribution in [0, 0.1) is 11.7 Å². The summed E-state index contributed by atoms with van der Waals surface area (Å²) < 4.78 is 31.7. The van der Waals surface area contributed by atoms with Crippen LogP contribution in [0.1, 0.15) is 57.7 Å². The van der Waals surface area contributed by atoms with E-state index in [1.807, 2.05) is 57.2 Å². The zero-order valence-electron chi connectivity index (χ0n) is 24.7. The molecule has 2 heterocycles. The second kappa shape index (κ2) is 15.5. The molecule has 0 amide bonds. The summed E-state index contributed by atoms with van der Waals surface area (Å²) in [5.74, 6) is 2.10. The highest BCUT2D eigenvalue weighted by Crippen LogP contribution is 2.33. The van der Waals surface area contributed by atoms with Crippen LogP contribution in [0.5, 0.6) is 17.2 Å². The normalized spacial score (nSPS) is 13.8. The second-order valence-corrected chi connectivity index (χ2v) is 11.1. The third kappa shape index (κ3) is 9.85. The van der Waals surface area contributed by atoms with Gasteiger partial charge in [0.2, 0.25) is 0 Å². The predicted octanol–water partition coefficient (Wildman–Crippen LogP) is 6.93. The van der Waals surface area contributed by atoms with Gasteiger partial charge in [0.25, 0.3) is 0 Å². The van der Waals surface area contributed by atoms with Gasteiger partial charge in [-0.05, 0) is 81.1 Å². The first-order valence-corrected chi connectivity index (χ1v) is 14.9. The number of pyridine rings is 1. The van der Waals surface area contributed by atoms with Crippen LogP contribution in [0.25, 0.3) is 11.1 Å². The SMILES string of the molecule is CCOc1ccc(-c2ccc(CC(=O)CCc3cc(F)cc(OCC(C)C)c3)nc2)c(OCCN2CCCCC2)c1. The van der Waals surface area contributed by atoms with Crippen LogP contribution in [-0.2, 0) is 17.6 Å². The van der Waals surface area contributed by atoms with Crippen molar-refractivity contribution in [1.29, 1.82) is 0 Å². The summed E-state index contributed by atoms with van der Waals surface area (Å²) in [5.41, 5.74) is 3.33. The summed E-state index contributed by atoms with van der Waals surface area (Å²) in [6.45, 7) is 10.9. The number of aryl methyl sites for hydroxylation is 1. The lowest BCUT2D eigenvalue weighted by Crippen LogP contribution is -2.33. The first kappa shape index (κ1) is 30.5. The van der Waals surface area contributed by atoms with Crippen LogP contribution < -0.4 is 14.2 Å². The van der Waals surface area contributed by atoms with Crippen molar-refractivity contribution >= 4 is 5.78 Å². The maximum absolute atomic E-state index is 14.1. The fourth-order valence-corrected chi connectivity index (χ4v) is 4.96. The van der Waals surface area contributed by atoms with E-state index in [2.05, 4.69) is 9.88 Å². The Morgan fingerprint density at radius 3 is 2.54 bits per heavy atom. The molecule has 1 aliphatic rings. The lowest BCUT2D eigenvalue weighted by molar-refractivity contribution is -0.118. The van der Waals surface area contributed by atoms with Gasteiger partial charge in [-0.25, -0.2) is 4.39 Å². The number of benzene rings is 2. The summed E-state index contributed by atoms with van der Waals surface area (Å²) in [4.78, 5) is 19.8. The fourth-order valence-electron chi connectivity index (χ4n) is 4.96. The molecule has 1 aromatic heterocycles. The van der Waals surface area contributed by atoms with Gasteiger partial charge in [0.05, 0.1) is 13.2 Å². The van der Waals surface area contributed by atoms with Crippen molar-refractivity contribution in [3.63, 3.8) is 0 Å². The number of carbonyl (C=O) groups excluding carboxylic acids is 1. The number of hydrogen-bond donors (Lipinski definition) is 0. The van der Waals surface area contributed by atoms with Gasteiger partial charge in [0.15, 0.2) is 0 Å². The molecule has 41 heavy (non-hydrogen) atoms. The summed E-state index contributed by atoms with van der Waals surface area (Å²) in [6.07, 6.45) is 6.61. The molecule has 4 rings (SSSR count). The lowest BCUT2D eigenvalue weighted by Gasteiger charge is -2.26. The molecule has 0 aliphatic carbocycles. The molecule has 0 bridgehead atoms. The third-order valence-electron chi connectivity index (χ3n) is 7.10. The molecule has 1 fully saturated rings. The minimum Gasteiger partial charge on any atom is -0.494 e. The molecule has 0 saturated carbocycles. The van der Waals surface area contributed by atoms with Crippen LogP contribution in [0.3, 0.4) is 0 Å². The van der Waals surface area contributed by atoms with Gasteiger partial charge < -0.3 is 14.2 Å². The van der Waals surface area contributed by atoms with E-state index in [-0.39, 0.29) is 18.0 Å². The molecule has 0 spiro atoms. The van der Waals surface area contributed by atoms with E-state index in [0.717, 1.165) is 47.8 Å². The molecule has 1 saturated heterocycles. The van der Waals surface area contributed by atoms with Gasteiger partial charge in [-0.3, -0.25) is 14.7 Å². The molecule has 0 radical (unpaired) electrons. The average Bonchev–Trinajstić information content (AvgIpc) is 2.96. The highest BCUT2D eigenvalue weighted by Gasteiger charge is 2.14. The van der Waals surface area contributed by atoms with Crippen molar-refractivity contribution in [3.8, 4) is 28.4 Å². The fraction of sp³-hybridized carbons (Fsp3) is 0.471. The van der Waals surface area contributed by atoms with E-state index in [0.29, 0.717) is 50.0 Å². The van der Waals surface area contributed by atoms with Crippen molar-refractivity contribution in [1.82, 2.24) is 9.88 Å². The van der Waals surface area contributed by atoms with Gasteiger partial charge in [-0.2, -0.15) is 0 Å². The van der Waals surface area contributed by atoms with E-state index in [1.165, 1.54) is 31.4 Å². The van der Waals surface area contributed by atoms with Crippen LogP contribution in [0.2, 0.25) is 0 Å². The maximum atomic E-state index is 14.1. The van der Waals surface area contributed by atoms with E-state index in [9.17, 15) is 9.18 Å². The van der Waals surface area contributed by atoms with Gasteiger partial charge >= 0.3 is 0 Å². The number of nitrogens with zero attached hydrogens (tertiary/aromatic N) is 2. The largest absolute Gasteiger partial charge is 0.494 e. The molecular formula is C34H43FN2O4. The maximum Gasteiger partial charge on any atom is 0.139 e. The van der Waals surface area contributed by atoms with Gasteiger partial charge in [0, 0.05) is 54.5 Å². The monoisotopic (exact) mass is 562 g/mol. The number of Topliss-reactive ketones (excluding diaryl/α,β-unsaturated/α-hetero) is 1. The van der Waals surface area contributed by atoms with Gasteiger partial charge in [-0.1, -0.05) is 26.3 Å². The Hall–Kier alpha value is -3.45. The van der Waals surface area contributed by atoms with Crippen LogP contribution in [0.4, 0.5) is 4.39 Å². The van der Waals surface area contributed by atoms with Crippen LogP contribution in [0.15, 0.2) is 54.7 Å². The Balaban J connectivity index is 1.35. The quantitative estimate of drug-likeness (QED) is 0.200. The summed E-state index contributed by atoms with van der Waals surface area (Å²) in [5, 5.41) is 0. The Labute approximate surface area is 243 Å². The Morgan fingerprint density at radius 2 is 1.80 bits per heavy atom. The van der Waals surface area contributed by atoms with Crippen molar-refractivity contribution in [2.75, 3.05) is 39.5 Å². The zero-order valence-corrected chi connectivity index (χ0v) is 24.7. The molecule has 2 aromatic carbocycles. The molecule has 0 N–H and O–H groups in total. The minimum absolute atomic E-state index is 0.0574. The number of hydrogen-bond acceptors (Lipinski definition) is 6. The molecule has 3 aromatic rings. The predicted molar refractivity (Wildman–Crippen MR) is 160 cm³/mol. The standard InChI is InChI=1S/C34H43FN2O4/c1-4-39-31-12-13-33(34(22-31)40-17-16-37-14-6-5-7-15-37)27-9-10-29(36-23-27)21-30(38)11-8-26-18-28(35)20-32(19-26)41-24-25(2)3/h9-10,12-13,18-20,22-23,25H,4-8,11,14-17,21,24H2,1-3H3. The van der Waals surface area contributed by atoms with Crippen molar-refractivity contribution < 1.29 is 23.4 Å². The van der Waals surface area contributed by atoms with Gasteiger partial charge in [0.1, 0.15) is 35.5 Å². The number of carbonyl (C=O) groups is 1. The number of halogens is 1. The summed E-state index contributed by atoms with van der Waals surface area (Å²) in [6, 6.07) is 14.4. The van der Waals surface area contributed by atoms with Crippen LogP contribution in [-0.4, -0.2) is 55.1 Å². The number of rotatable bonds is 15. The zero-order chi connectivity index (χ0) is 29.0. The second-order valence-electron chi connectivity index (χ2n) is 11.1. The molecular weight excluding hydrogens is 519 g/mol. The Kier molecular flexibility index (Phi) is 11.6. The van der Waals surface area contributed by atoms with E-state index in [1.54, 1.807) is 6.20 Å². The first-order valence-electron chi connectivity index (χ1n) is 14.9. The number of ether oxygens (including phenoxy) is 3. The van der Waals surface area contributed by atoms with E-state index < -0.39 is 0 Å². The van der Waals surface area contributed by atoms with E-state index in [4.69, 9.17) is 14.2 Å². The Morgan fingerprint density at radius 1 is 0.976 bits per heavy atom. The van der Waals surface area contributed by atoms with Crippen molar-refractivity contribution in [2.24, 2.45) is 5.92 Å². The van der Waals surface area contributed by atoms with E-state index >= 15 is 0 Å². The average molecular weight is 563 g/mol. The minimum atomic E-state index is -0.352. The number of likely N-dealkylation sites (tertiary alicyclic amines) is 1. The highest BCUT2D eigenvalue weighted by molar-refractivity contribution is 5.81. The van der Waals surface area contributed by atoms with Crippen molar-refractivity contribution in [3.05, 3.63) is 71.8 Å². The molecule has 7 heteroatoms. The van der Waals surface area contributed by atoms with Crippen molar-refractivity contribution in [2.45, 2.75) is 59.3 Å². The molecule has 6 nitrogen and oxygen atoms in total. The molecule has 0 atom stereocenters. The topological polar surface area (TPSA) is 60.9 Å². The summed E-state index contributed by atoms with van der Waals surface area (Å²) >= 11 is 0. The molecule has 220 valence electrons. The van der Waals surface area contributed by atoms with Gasteiger partial charge in [-0.15, -0.1) is 0 Å². The number of ketones is 1. The first-order chi connectivity index (χ1) is 19.9. The van der Waals surface area contributed by atoms with Crippen LogP contribution >= 0.6 is 0 Å².